The van der Waals surface area contributed by atoms with Crippen molar-refractivity contribution in [2.75, 3.05) is 0 Å². The van der Waals surface area contributed by atoms with Gasteiger partial charge in [0.25, 0.3) is 0 Å². The molecule has 0 heterocycles. The molecule has 6 atom stereocenters. The molecule has 0 aliphatic heterocycles. The fourth-order valence-corrected chi connectivity index (χ4v) is 9.24. The monoisotopic (exact) mass is 434 g/mol. The highest BCUT2D eigenvalue weighted by Crippen LogP contribution is 2.70. The Balaban J connectivity index is 1.69. The highest BCUT2D eigenvalue weighted by molar-refractivity contribution is 9.09. The molecule has 0 spiro atoms. The lowest BCUT2D eigenvalue weighted by molar-refractivity contribution is -0.0586. The smallest absolute Gasteiger partial charge is 0.0322 e. The zero-order valence-electron chi connectivity index (χ0n) is 17.8. The first-order valence-electron chi connectivity index (χ1n) is 12.5. The summed E-state index contributed by atoms with van der Waals surface area (Å²) in [5.74, 6) is 6.25. The van der Waals surface area contributed by atoms with Gasteiger partial charge in [-0.2, -0.15) is 0 Å². The van der Waals surface area contributed by atoms with E-state index in [9.17, 15) is 0 Å². The van der Waals surface area contributed by atoms with Gasteiger partial charge in [0.05, 0.1) is 0 Å². The Bertz CT molecular complexity index is 468. The molecule has 0 aromatic carbocycles. The van der Waals surface area contributed by atoms with E-state index in [0.29, 0.717) is 10.2 Å². The summed E-state index contributed by atoms with van der Waals surface area (Å²) in [5.41, 5.74) is 0.685. The molecule has 4 aliphatic rings. The number of fused-ring (bicyclic) bond motifs is 3. The van der Waals surface area contributed by atoms with Gasteiger partial charge in [0.15, 0.2) is 0 Å². The van der Waals surface area contributed by atoms with Crippen LogP contribution in [0.15, 0.2) is 12.7 Å². The maximum atomic E-state index is 4.03. The third-order valence-corrected chi connectivity index (χ3v) is 10.6. The largest absolute Gasteiger partial charge is 0.102 e. The average Bonchev–Trinajstić information content (AvgIpc) is 3.04. The van der Waals surface area contributed by atoms with E-state index in [1.165, 1.54) is 57.8 Å². The molecule has 4 saturated carbocycles. The van der Waals surface area contributed by atoms with Gasteiger partial charge in [-0.3, -0.25) is 0 Å². The Morgan fingerprint density at radius 2 is 1.33 bits per heavy atom. The summed E-state index contributed by atoms with van der Waals surface area (Å²) in [4.78, 5) is 0.508. The summed E-state index contributed by atoms with van der Waals surface area (Å²) in [6, 6.07) is 0. The summed E-state index contributed by atoms with van der Waals surface area (Å²) < 4.78 is 0. The van der Waals surface area contributed by atoms with E-state index >= 15 is 0 Å². The molecule has 4 aliphatic carbocycles. The van der Waals surface area contributed by atoms with Crippen LogP contribution in [0.1, 0.15) is 103 Å². The van der Waals surface area contributed by atoms with Gasteiger partial charge in [0.1, 0.15) is 0 Å². The molecule has 4 fully saturated rings. The summed E-state index contributed by atoms with van der Waals surface area (Å²) in [5, 5.41) is 0. The third kappa shape index (κ3) is 3.62. The predicted molar refractivity (Wildman–Crippen MR) is 121 cm³/mol. The molecule has 0 amide bonds. The van der Waals surface area contributed by atoms with Gasteiger partial charge in [-0.25, -0.2) is 0 Å². The molecular formula is C26H43Br. The molecule has 0 aromatic heterocycles. The SMILES string of the molecule is C=CC(Br)CCC(C)C1(C2CCCCC2)C2CCCCC2C2CCCCC21. The van der Waals surface area contributed by atoms with Crippen LogP contribution < -0.4 is 0 Å². The molecule has 6 unspecified atom stereocenters. The number of allylic oxidation sites excluding steroid dienone is 1. The van der Waals surface area contributed by atoms with Crippen LogP contribution in [0.25, 0.3) is 0 Å². The lowest BCUT2D eigenvalue weighted by Gasteiger charge is -2.54. The highest BCUT2D eigenvalue weighted by Gasteiger charge is 2.63. The predicted octanol–water partition coefficient (Wildman–Crippen LogP) is 8.55. The van der Waals surface area contributed by atoms with Crippen LogP contribution in [0.2, 0.25) is 0 Å². The first-order chi connectivity index (χ1) is 13.2. The number of alkyl halides is 1. The van der Waals surface area contributed by atoms with Crippen LogP contribution in [-0.4, -0.2) is 4.83 Å². The van der Waals surface area contributed by atoms with Crippen LogP contribution in [0.5, 0.6) is 0 Å². The fraction of sp³-hybridized carbons (Fsp3) is 0.923. The lowest BCUT2D eigenvalue weighted by atomic mass is 9.50. The van der Waals surface area contributed by atoms with Gasteiger partial charge < -0.3 is 0 Å². The molecular weight excluding hydrogens is 392 g/mol. The van der Waals surface area contributed by atoms with Crippen LogP contribution in [0.3, 0.4) is 0 Å². The van der Waals surface area contributed by atoms with Crippen molar-refractivity contribution in [3.63, 3.8) is 0 Å². The van der Waals surface area contributed by atoms with Gasteiger partial charge in [0.2, 0.25) is 0 Å². The molecule has 0 saturated heterocycles. The summed E-state index contributed by atoms with van der Waals surface area (Å²) >= 11 is 3.85. The normalized spacial score (nSPS) is 42.1. The minimum Gasteiger partial charge on any atom is -0.102 e. The van der Waals surface area contributed by atoms with Crippen molar-refractivity contribution in [1.82, 2.24) is 0 Å². The lowest BCUT2D eigenvalue weighted by Crippen LogP contribution is -2.48. The van der Waals surface area contributed by atoms with E-state index in [1.807, 2.05) is 0 Å². The molecule has 1 heteroatoms. The van der Waals surface area contributed by atoms with Gasteiger partial charge in [-0.05, 0) is 92.3 Å². The Morgan fingerprint density at radius 1 is 0.815 bits per heavy atom. The first-order valence-corrected chi connectivity index (χ1v) is 13.4. The van der Waals surface area contributed by atoms with Crippen molar-refractivity contribution in [1.29, 1.82) is 0 Å². The minimum atomic E-state index is 0.508. The molecule has 27 heavy (non-hydrogen) atoms. The van der Waals surface area contributed by atoms with Crippen molar-refractivity contribution in [3.8, 4) is 0 Å². The number of rotatable bonds is 6. The quantitative estimate of drug-likeness (QED) is 0.290. The van der Waals surface area contributed by atoms with E-state index < -0.39 is 0 Å². The summed E-state index contributed by atoms with van der Waals surface area (Å²) in [7, 11) is 0. The van der Waals surface area contributed by atoms with Gasteiger partial charge >= 0.3 is 0 Å². The van der Waals surface area contributed by atoms with Gasteiger partial charge in [0, 0.05) is 4.83 Å². The van der Waals surface area contributed by atoms with E-state index in [4.69, 9.17) is 0 Å². The number of hydrogen-bond donors (Lipinski definition) is 0. The van der Waals surface area contributed by atoms with E-state index in [0.717, 1.165) is 35.5 Å². The zero-order valence-corrected chi connectivity index (χ0v) is 19.4. The Labute approximate surface area is 177 Å². The van der Waals surface area contributed by atoms with Gasteiger partial charge in [-0.1, -0.05) is 73.9 Å². The topological polar surface area (TPSA) is 0 Å². The highest BCUT2D eigenvalue weighted by atomic mass is 79.9. The average molecular weight is 436 g/mol. The van der Waals surface area contributed by atoms with E-state index in [-0.39, 0.29) is 0 Å². The molecule has 4 rings (SSSR count). The second-order valence-electron chi connectivity index (χ2n) is 10.7. The maximum Gasteiger partial charge on any atom is 0.0322 e. The fourth-order valence-electron chi connectivity index (χ4n) is 8.98. The standard InChI is InChI=1S/C26H43Br/c1-3-21(27)18-17-19(2)26(20-11-5-4-6-12-20)24-15-9-7-13-22(24)23-14-8-10-16-25(23)26/h3,19-25H,1,4-18H2,2H3. The van der Waals surface area contributed by atoms with E-state index in [1.54, 1.807) is 38.5 Å². The maximum absolute atomic E-state index is 4.03. The third-order valence-electron chi connectivity index (χ3n) is 9.77. The van der Waals surface area contributed by atoms with Gasteiger partial charge in [-0.15, -0.1) is 6.58 Å². The number of hydrogen-bond acceptors (Lipinski definition) is 0. The van der Waals surface area contributed by atoms with Crippen LogP contribution in [0.4, 0.5) is 0 Å². The van der Waals surface area contributed by atoms with Crippen LogP contribution in [0, 0.1) is 40.9 Å². The Hall–Kier alpha value is 0.220. The first kappa shape index (κ1) is 20.5. The van der Waals surface area contributed by atoms with Crippen molar-refractivity contribution in [3.05, 3.63) is 12.7 Å². The second kappa shape index (κ2) is 8.93. The summed E-state index contributed by atoms with van der Waals surface area (Å²) in [6.45, 7) is 6.72. The minimum absolute atomic E-state index is 0.508. The zero-order chi connectivity index (χ0) is 18.9. The molecule has 0 nitrogen and oxygen atoms in total. The molecule has 154 valence electrons. The number of halogens is 1. The Morgan fingerprint density at radius 3 is 1.89 bits per heavy atom. The van der Waals surface area contributed by atoms with E-state index in [2.05, 4.69) is 35.5 Å². The van der Waals surface area contributed by atoms with Crippen molar-refractivity contribution in [2.24, 2.45) is 40.9 Å². The summed E-state index contributed by atoms with van der Waals surface area (Å²) in [6.07, 6.45) is 24.8. The molecule has 0 bridgehead atoms. The van der Waals surface area contributed by atoms with Crippen molar-refractivity contribution in [2.45, 2.75) is 108 Å². The van der Waals surface area contributed by atoms with Crippen molar-refractivity contribution >= 4 is 15.9 Å². The second-order valence-corrected chi connectivity index (χ2v) is 11.9. The van der Waals surface area contributed by atoms with Crippen molar-refractivity contribution < 1.29 is 0 Å². The Kier molecular flexibility index (Phi) is 6.78. The molecule has 0 aromatic rings. The molecule has 0 radical (unpaired) electrons. The van der Waals surface area contributed by atoms with Crippen LogP contribution in [-0.2, 0) is 0 Å². The van der Waals surface area contributed by atoms with Crippen LogP contribution >= 0.6 is 15.9 Å². The molecule has 0 N–H and O–H groups in total.